The van der Waals surface area contributed by atoms with Gasteiger partial charge in [0.15, 0.2) is 0 Å². The molecule has 3 aromatic rings. The van der Waals surface area contributed by atoms with Gasteiger partial charge in [0.2, 0.25) is 0 Å². The minimum Gasteiger partial charge on any atom is -0.497 e. The van der Waals surface area contributed by atoms with E-state index in [9.17, 15) is 4.79 Å². The van der Waals surface area contributed by atoms with Gasteiger partial charge in [-0.2, -0.15) is 0 Å². The van der Waals surface area contributed by atoms with Gasteiger partial charge in [-0.3, -0.25) is 4.79 Å². The highest BCUT2D eigenvalue weighted by molar-refractivity contribution is 7.12. The number of carbonyl (C=O) groups is 1. The molecule has 134 valence electrons. The minimum atomic E-state index is -0.241. The molecule has 3 rings (SSSR count). The van der Waals surface area contributed by atoms with Crippen LogP contribution < -0.4 is 14.8 Å². The summed E-state index contributed by atoms with van der Waals surface area (Å²) >= 11 is 13.4. The lowest BCUT2D eigenvalue weighted by atomic mass is 10.3. The first-order valence-electron chi connectivity index (χ1n) is 7.66. The third kappa shape index (κ3) is 4.49. The van der Waals surface area contributed by atoms with Crippen molar-refractivity contribution in [3.8, 4) is 11.5 Å². The van der Waals surface area contributed by atoms with Crippen LogP contribution in [-0.2, 0) is 6.61 Å². The number of methoxy groups -OCH3 is 1. The van der Waals surface area contributed by atoms with Crippen molar-refractivity contribution in [3.05, 3.63) is 74.4 Å². The normalized spacial score (nSPS) is 10.4. The summed E-state index contributed by atoms with van der Waals surface area (Å²) < 4.78 is 10.8. The fraction of sp³-hybridized carbons (Fsp3) is 0.105. The molecule has 0 aliphatic heterocycles. The van der Waals surface area contributed by atoms with Gasteiger partial charge >= 0.3 is 0 Å². The summed E-state index contributed by atoms with van der Waals surface area (Å²) in [6.07, 6.45) is 0. The summed E-state index contributed by atoms with van der Waals surface area (Å²) in [5.41, 5.74) is 1.39. The van der Waals surface area contributed by atoms with Gasteiger partial charge in [0.05, 0.1) is 27.7 Å². The third-order valence-corrected chi connectivity index (χ3v) is 5.34. The number of nitrogens with one attached hydrogen (secondary N) is 1. The predicted molar refractivity (Wildman–Crippen MR) is 106 cm³/mol. The van der Waals surface area contributed by atoms with Crippen LogP contribution in [0.5, 0.6) is 11.5 Å². The van der Waals surface area contributed by atoms with Crippen molar-refractivity contribution in [1.82, 2.24) is 0 Å². The monoisotopic (exact) mass is 407 g/mol. The zero-order valence-electron chi connectivity index (χ0n) is 13.8. The van der Waals surface area contributed by atoms with Crippen LogP contribution in [-0.4, -0.2) is 13.0 Å². The zero-order chi connectivity index (χ0) is 18.5. The number of thiophene rings is 1. The number of hydrogen-bond acceptors (Lipinski definition) is 4. The summed E-state index contributed by atoms with van der Waals surface area (Å²) in [4.78, 5) is 12.9. The lowest BCUT2D eigenvalue weighted by Gasteiger charge is -2.07. The average Bonchev–Trinajstić information content (AvgIpc) is 3.13. The number of halogens is 2. The molecule has 0 unspecified atom stereocenters. The average molecular weight is 408 g/mol. The van der Waals surface area contributed by atoms with E-state index in [1.807, 2.05) is 29.6 Å². The third-order valence-electron chi connectivity index (χ3n) is 3.54. The Kier molecular flexibility index (Phi) is 6.04. The van der Waals surface area contributed by atoms with Crippen LogP contribution in [0.3, 0.4) is 0 Å². The molecule has 0 saturated heterocycles. The highest BCUT2D eigenvalue weighted by Gasteiger charge is 2.13. The van der Waals surface area contributed by atoms with Gasteiger partial charge in [0.25, 0.3) is 5.91 Å². The van der Waals surface area contributed by atoms with Crippen LogP contribution in [0.4, 0.5) is 5.69 Å². The Morgan fingerprint density at radius 1 is 1.12 bits per heavy atom. The van der Waals surface area contributed by atoms with Gasteiger partial charge in [0.1, 0.15) is 18.1 Å². The minimum absolute atomic E-state index is 0.241. The highest BCUT2D eigenvalue weighted by atomic mass is 35.5. The Balaban J connectivity index is 1.61. The Morgan fingerprint density at radius 2 is 1.85 bits per heavy atom. The van der Waals surface area contributed by atoms with E-state index in [0.717, 1.165) is 17.1 Å². The van der Waals surface area contributed by atoms with Crippen LogP contribution in [0.2, 0.25) is 10.0 Å². The summed E-state index contributed by atoms with van der Waals surface area (Å²) in [6.45, 7) is 0.369. The van der Waals surface area contributed by atoms with Gasteiger partial charge in [-0.25, -0.2) is 0 Å². The molecule has 0 saturated carbocycles. The van der Waals surface area contributed by atoms with Crippen LogP contribution in [0.25, 0.3) is 0 Å². The zero-order valence-corrected chi connectivity index (χ0v) is 16.1. The quantitative estimate of drug-likeness (QED) is 0.553. The van der Waals surface area contributed by atoms with E-state index in [1.54, 1.807) is 31.4 Å². The molecule has 7 heteroatoms. The number of hydrogen-bond donors (Lipinski definition) is 1. The van der Waals surface area contributed by atoms with Gasteiger partial charge in [-0.1, -0.05) is 29.3 Å². The van der Waals surface area contributed by atoms with E-state index in [2.05, 4.69) is 5.32 Å². The molecule has 0 aliphatic carbocycles. The molecule has 0 bridgehead atoms. The van der Waals surface area contributed by atoms with Crippen LogP contribution in [0, 0.1) is 0 Å². The molecule has 2 aromatic carbocycles. The highest BCUT2D eigenvalue weighted by Crippen LogP contribution is 2.30. The molecule has 0 radical (unpaired) electrons. The second-order valence-electron chi connectivity index (χ2n) is 5.34. The number of amides is 1. The van der Waals surface area contributed by atoms with Crippen LogP contribution >= 0.6 is 34.5 Å². The van der Waals surface area contributed by atoms with Crippen molar-refractivity contribution >= 4 is 46.1 Å². The van der Waals surface area contributed by atoms with Crippen molar-refractivity contribution in [3.63, 3.8) is 0 Å². The Bertz CT molecular complexity index is 909. The second-order valence-corrected chi connectivity index (χ2v) is 7.04. The van der Waals surface area contributed by atoms with Crippen molar-refractivity contribution in [2.24, 2.45) is 0 Å². The molecule has 1 amide bonds. The smallest absolute Gasteiger partial charge is 0.265 e. The summed E-state index contributed by atoms with van der Waals surface area (Å²) in [5.74, 6) is 1.26. The van der Waals surface area contributed by atoms with Crippen molar-refractivity contribution in [2.75, 3.05) is 12.4 Å². The van der Waals surface area contributed by atoms with Gasteiger partial charge < -0.3 is 14.8 Å². The van der Waals surface area contributed by atoms with E-state index in [-0.39, 0.29) is 5.91 Å². The number of ether oxygens (including phenoxy) is 2. The molecule has 0 spiro atoms. The van der Waals surface area contributed by atoms with Gasteiger partial charge in [-0.05, 0) is 47.8 Å². The Hall–Kier alpha value is -2.21. The molecule has 1 aromatic heterocycles. The molecule has 1 N–H and O–H groups in total. The maximum atomic E-state index is 12.4. The molecule has 1 heterocycles. The van der Waals surface area contributed by atoms with E-state index in [4.69, 9.17) is 32.7 Å². The largest absolute Gasteiger partial charge is 0.497 e. The summed E-state index contributed by atoms with van der Waals surface area (Å²) in [5, 5.41) is 5.37. The van der Waals surface area contributed by atoms with E-state index >= 15 is 0 Å². The molecular formula is C19H15Cl2NO3S. The summed E-state index contributed by atoms with van der Waals surface area (Å²) in [7, 11) is 1.62. The topological polar surface area (TPSA) is 47.6 Å². The van der Waals surface area contributed by atoms with Crippen molar-refractivity contribution in [2.45, 2.75) is 6.61 Å². The standard InChI is InChI=1S/C19H15Cl2NO3S/c1-24-13-5-7-14(8-6-13)25-10-12-9-17(26-11-12)19(23)22-16-4-2-3-15(20)18(16)21/h2-9,11H,10H2,1H3,(H,22,23). The number of benzene rings is 2. The first-order chi connectivity index (χ1) is 12.6. The fourth-order valence-electron chi connectivity index (χ4n) is 2.19. The number of anilines is 1. The predicted octanol–water partition coefficient (Wildman–Crippen LogP) is 5.89. The Labute approximate surface area is 165 Å². The molecule has 4 nitrogen and oxygen atoms in total. The van der Waals surface area contributed by atoms with Crippen LogP contribution in [0.1, 0.15) is 15.2 Å². The maximum Gasteiger partial charge on any atom is 0.265 e. The lowest BCUT2D eigenvalue weighted by Crippen LogP contribution is -2.10. The van der Waals surface area contributed by atoms with Gasteiger partial charge in [-0.15, -0.1) is 11.3 Å². The molecule has 0 atom stereocenters. The molecule has 0 fully saturated rings. The molecule has 26 heavy (non-hydrogen) atoms. The molecular weight excluding hydrogens is 393 g/mol. The Morgan fingerprint density at radius 3 is 2.58 bits per heavy atom. The second kappa shape index (κ2) is 8.45. The van der Waals surface area contributed by atoms with E-state index < -0.39 is 0 Å². The lowest BCUT2D eigenvalue weighted by molar-refractivity contribution is 0.103. The fourth-order valence-corrected chi connectivity index (χ4v) is 3.33. The van der Waals surface area contributed by atoms with E-state index in [1.165, 1.54) is 11.3 Å². The number of carbonyl (C=O) groups excluding carboxylic acids is 1. The molecule has 0 aliphatic rings. The van der Waals surface area contributed by atoms with Crippen LogP contribution in [0.15, 0.2) is 53.9 Å². The first kappa shape index (κ1) is 18.6. The van der Waals surface area contributed by atoms with E-state index in [0.29, 0.717) is 27.2 Å². The van der Waals surface area contributed by atoms with Crippen molar-refractivity contribution < 1.29 is 14.3 Å². The SMILES string of the molecule is COc1ccc(OCc2csc(C(=O)Nc3cccc(Cl)c3Cl)c2)cc1. The first-order valence-corrected chi connectivity index (χ1v) is 9.30. The van der Waals surface area contributed by atoms with Crippen molar-refractivity contribution in [1.29, 1.82) is 0 Å². The number of rotatable bonds is 6. The summed E-state index contributed by atoms with van der Waals surface area (Å²) in [6, 6.07) is 14.2. The maximum absolute atomic E-state index is 12.4. The van der Waals surface area contributed by atoms with Gasteiger partial charge in [0, 0.05) is 5.56 Å².